The molecule has 0 spiro atoms. The molecule has 14 heteroatoms. The zero-order chi connectivity index (χ0) is 53.0. The van der Waals surface area contributed by atoms with Crippen LogP contribution in [0.4, 0.5) is 0 Å². The van der Waals surface area contributed by atoms with Crippen molar-refractivity contribution in [1.82, 2.24) is 0 Å². The van der Waals surface area contributed by atoms with Crippen molar-refractivity contribution in [3.8, 4) is 0 Å². The highest BCUT2D eigenvalue weighted by Crippen LogP contribution is 2.26. The Labute approximate surface area is 441 Å². The summed E-state index contributed by atoms with van der Waals surface area (Å²) >= 11 is 0. The molecule has 2 fully saturated rings. The predicted octanol–water partition coefficient (Wildman–Crippen LogP) is 10.1. The van der Waals surface area contributed by atoms with Crippen molar-refractivity contribution in [2.24, 2.45) is 0 Å². The molecule has 0 aliphatic carbocycles. The van der Waals surface area contributed by atoms with Crippen LogP contribution in [0.25, 0.3) is 0 Å². The topological polar surface area (TPSA) is 214 Å². The fourth-order valence-corrected chi connectivity index (χ4v) is 8.86. The number of rotatable bonds is 46. The zero-order valence-corrected chi connectivity index (χ0v) is 45.4. The van der Waals surface area contributed by atoms with Gasteiger partial charge in [-0.1, -0.05) is 184 Å². The van der Waals surface area contributed by atoms with Crippen molar-refractivity contribution >= 4 is 5.97 Å². The molecule has 0 amide bonds. The second kappa shape index (κ2) is 45.8. The number of carbonyl (C=O) groups excluding carboxylic acids is 1. The molecule has 2 aliphatic rings. The number of aliphatic hydroxyl groups excluding tert-OH is 7. The summed E-state index contributed by atoms with van der Waals surface area (Å²) in [5.41, 5.74) is 0. The highest BCUT2D eigenvalue weighted by atomic mass is 16.7. The first-order valence-electron chi connectivity index (χ1n) is 28.9. The first-order chi connectivity index (χ1) is 35.6. The van der Waals surface area contributed by atoms with Gasteiger partial charge in [-0.2, -0.15) is 0 Å². The Morgan fingerprint density at radius 1 is 0.466 bits per heavy atom. The van der Waals surface area contributed by atoms with E-state index in [0.717, 1.165) is 89.9 Å². The minimum atomic E-state index is -1.71. The molecule has 2 saturated heterocycles. The minimum absolute atomic E-state index is 0.0548. The molecule has 14 nitrogen and oxygen atoms in total. The van der Waals surface area contributed by atoms with Crippen LogP contribution in [0.2, 0.25) is 0 Å². The summed E-state index contributed by atoms with van der Waals surface area (Å²) in [6.45, 7) is 3.56. The third-order valence-corrected chi connectivity index (χ3v) is 13.5. The summed E-state index contributed by atoms with van der Waals surface area (Å²) in [7, 11) is 0. The van der Waals surface area contributed by atoms with E-state index in [9.17, 15) is 40.5 Å². The van der Waals surface area contributed by atoms with Crippen LogP contribution in [0, 0.1) is 0 Å². The molecule has 0 aromatic rings. The molecule has 0 aromatic carbocycles. The number of allylic oxidation sites excluding steroid dienone is 10. The SMILES string of the molecule is CC/C=C\C/C=C\C/C=C\C/C=C\CCCCCCCCCCCCCOCC(COC1OC(COC2OC(CO)C(O)C(O)C2O)C(O)C(O)C1O)OC(=O)CCCCCCC/C=C\CCCCCCCC. The van der Waals surface area contributed by atoms with Crippen LogP contribution in [-0.2, 0) is 33.2 Å². The van der Waals surface area contributed by atoms with Crippen molar-refractivity contribution in [3.63, 3.8) is 0 Å². The highest BCUT2D eigenvalue weighted by molar-refractivity contribution is 5.69. The van der Waals surface area contributed by atoms with Crippen molar-refractivity contribution in [3.05, 3.63) is 60.8 Å². The Morgan fingerprint density at radius 2 is 0.890 bits per heavy atom. The lowest BCUT2D eigenvalue weighted by molar-refractivity contribution is -0.332. The fourth-order valence-electron chi connectivity index (χ4n) is 8.86. The molecule has 0 aromatic heterocycles. The van der Waals surface area contributed by atoms with Crippen LogP contribution in [0.3, 0.4) is 0 Å². The van der Waals surface area contributed by atoms with E-state index in [0.29, 0.717) is 13.0 Å². The number of unbranched alkanes of at least 4 members (excludes halogenated alkanes) is 22. The molecule has 2 aliphatic heterocycles. The Kier molecular flexibility index (Phi) is 42.0. The van der Waals surface area contributed by atoms with Crippen LogP contribution in [0.15, 0.2) is 60.8 Å². The van der Waals surface area contributed by atoms with Crippen LogP contribution in [0.1, 0.15) is 206 Å². The second-order valence-corrected chi connectivity index (χ2v) is 20.1. The fraction of sp³-hybridized carbons (Fsp3) is 0.814. The molecule has 424 valence electrons. The number of ether oxygens (including phenoxy) is 6. The zero-order valence-electron chi connectivity index (χ0n) is 45.4. The third kappa shape index (κ3) is 32.8. The highest BCUT2D eigenvalue weighted by Gasteiger charge is 2.47. The predicted molar refractivity (Wildman–Crippen MR) is 289 cm³/mol. The van der Waals surface area contributed by atoms with E-state index in [1.807, 2.05) is 0 Å². The van der Waals surface area contributed by atoms with Gasteiger partial charge in [-0.05, 0) is 77.0 Å². The molecule has 7 N–H and O–H groups in total. The van der Waals surface area contributed by atoms with Gasteiger partial charge in [0.1, 0.15) is 54.9 Å². The van der Waals surface area contributed by atoms with E-state index in [-0.39, 0.29) is 25.6 Å². The van der Waals surface area contributed by atoms with E-state index in [2.05, 4.69) is 74.6 Å². The second-order valence-electron chi connectivity index (χ2n) is 20.1. The summed E-state index contributed by atoms with van der Waals surface area (Å²) < 4.78 is 34.4. The molecule has 2 heterocycles. The maximum absolute atomic E-state index is 13.0. The molecule has 73 heavy (non-hydrogen) atoms. The average Bonchev–Trinajstić information content (AvgIpc) is 3.39. The standard InChI is InChI=1S/C59H104O14/c1-3-5-7-9-11-13-15-17-19-20-21-22-23-24-25-26-27-29-31-33-35-37-39-41-43-68-45-48(71-51(61)42-40-38-36-34-32-30-28-18-16-14-12-10-8-6-4-2)46-69-58-57(67)55(65)53(63)50(73-58)47-70-59-56(66)54(64)52(62)49(44-60)72-59/h5,7,11,13,17-19,21-22,28,48-50,52-60,62-67H,3-4,6,8-10,12,14-16,20,23-27,29-47H2,1-2H3/b7-5-,13-11-,19-17-,22-21-,28-18-. The van der Waals surface area contributed by atoms with E-state index in [1.165, 1.54) is 89.9 Å². The molecule has 11 atom stereocenters. The van der Waals surface area contributed by atoms with Gasteiger partial charge in [0, 0.05) is 13.0 Å². The smallest absolute Gasteiger partial charge is 0.306 e. The summed E-state index contributed by atoms with van der Waals surface area (Å²) in [5.74, 6) is -0.386. The monoisotopic (exact) mass is 1040 g/mol. The minimum Gasteiger partial charge on any atom is -0.457 e. The first-order valence-corrected chi connectivity index (χ1v) is 28.9. The lowest BCUT2D eigenvalue weighted by atomic mass is 9.98. The third-order valence-electron chi connectivity index (χ3n) is 13.5. The van der Waals surface area contributed by atoms with Gasteiger partial charge in [0.25, 0.3) is 0 Å². The van der Waals surface area contributed by atoms with Gasteiger partial charge >= 0.3 is 5.97 Å². The van der Waals surface area contributed by atoms with Gasteiger partial charge in [-0.3, -0.25) is 4.79 Å². The summed E-state index contributed by atoms with van der Waals surface area (Å²) in [6.07, 6.45) is 39.9. The van der Waals surface area contributed by atoms with Crippen molar-refractivity contribution in [1.29, 1.82) is 0 Å². The Hall–Kier alpha value is -2.31. The molecular formula is C59H104O14. The van der Waals surface area contributed by atoms with Crippen molar-refractivity contribution < 1.29 is 69.0 Å². The van der Waals surface area contributed by atoms with Gasteiger partial charge in [-0.25, -0.2) is 0 Å². The lowest BCUT2D eigenvalue weighted by Gasteiger charge is -2.42. The van der Waals surface area contributed by atoms with Crippen LogP contribution in [0.5, 0.6) is 0 Å². The normalized spacial score (nSPS) is 25.4. The van der Waals surface area contributed by atoms with Gasteiger partial charge in [0.15, 0.2) is 12.6 Å². The number of carbonyl (C=O) groups is 1. The summed E-state index contributed by atoms with van der Waals surface area (Å²) in [6, 6.07) is 0. The molecule has 0 radical (unpaired) electrons. The van der Waals surface area contributed by atoms with Crippen molar-refractivity contribution in [2.45, 2.75) is 274 Å². The number of aliphatic hydroxyl groups is 7. The van der Waals surface area contributed by atoms with Gasteiger partial charge < -0.3 is 64.2 Å². The Bertz CT molecular complexity index is 1440. The largest absolute Gasteiger partial charge is 0.457 e. The summed E-state index contributed by atoms with van der Waals surface area (Å²) in [5, 5.41) is 72.3. The van der Waals surface area contributed by atoms with Gasteiger partial charge in [-0.15, -0.1) is 0 Å². The summed E-state index contributed by atoms with van der Waals surface area (Å²) in [4.78, 5) is 13.0. The Balaban J connectivity index is 1.70. The van der Waals surface area contributed by atoms with Crippen molar-refractivity contribution in [2.75, 3.05) is 33.0 Å². The molecular weight excluding hydrogens is 933 g/mol. The number of hydrogen-bond acceptors (Lipinski definition) is 14. The van der Waals surface area contributed by atoms with E-state index >= 15 is 0 Å². The molecule has 11 unspecified atom stereocenters. The maximum Gasteiger partial charge on any atom is 0.306 e. The molecule has 2 rings (SSSR count). The molecule has 0 saturated carbocycles. The first kappa shape index (κ1) is 66.8. The number of esters is 1. The van der Waals surface area contributed by atoms with Gasteiger partial charge in [0.2, 0.25) is 0 Å². The Morgan fingerprint density at radius 3 is 1.41 bits per heavy atom. The van der Waals surface area contributed by atoms with E-state index in [1.54, 1.807) is 0 Å². The van der Waals surface area contributed by atoms with Gasteiger partial charge in [0.05, 0.1) is 26.4 Å². The van der Waals surface area contributed by atoms with Crippen LogP contribution < -0.4 is 0 Å². The van der Waals surface area contributed by atoms with Crippen LogP contribution >= 0.6 is 0 Å². The quantitative estimate of drug-likeness (QED) is 0.0172. The number of hydrogen-bond donors (Lipinski definition) is 7. The maximum atomic E-state index is 13.0. The van der Waals surface area contributed by atoms with Crippen LogP contribution in [-0.4, -0.2) is 142 Å². The average molecular weight is 1040 g/mol. The van der Waals surface area contributed by atoms with E-state index in [4.69, 9.17) is 28.4 Å². The van der Waals surface area contributed by atoms with E-state index < -0.39 is 80.7 Å². The molecule has 0 bridgehead atoms. The lowest BCUT2D eigenvalue weighted by Crippen LogP contribution is -2.61.